The first-order chi connectivity index (χ1) is 11.1. The number of hydrogen-bond acceptors (Lipinski definition) is 6. The zero-order valence-electron chi connectivity index (χ0n) is 12.7. The van der Waals surface area contributed by atoms with Gasteiger partial charge >= 0.3 is 0 Å². The molecule has 8 heteroatoms. The lowest BCUT2D eigenvalue weighted by atomic mass is 10.1. The Morgan fingerprint density at radius 2 is 2.00 bits per heavy atom. The monoisotopic (exact) mass is 329 g/mol. The van der Waals surface area contributed by atoms with Crippen molar-refractivity contribution < 1.29 is 4.79 Å². The normalized spacial score (nSPS) is 10.9. The van der Waals surface area contributed by atoms with E-state index >= 15 is 0 Å². The van der Waals surface area contributed by atoms with Crippen LogP contribution in [0.1, 0.15) is 17.6 Å². The number of rotatable bonds is 4. The van der Waals surface area contributed by atoms with Crippen LogP contribution in [0.2, 0.25) is 0 Å². The fraction of sp³-hybridized carbons (Fsp3) is 0.267. The maximum absolute atomic E-state index is 12.4. The van der Waals surface area contributed by atoms with Gasteiger partial charge in [0.15, 0.2) is 0 Å². The largest absolute Gasteiger partial charge is 0.299 e. The molecule has 0 saturated heterocycles. The van der Waals surface area contributed by atoms with Crippen LogP contribution in [0.25, 0.3) is 10.8 Å². The fourth-order valence-corrected chi connectivity index (χ4v) is 2.95. The Hall–Kier alpha value is -2.61. The van der Waals surface area contributed by atoms with E-state index in [2.05, 4.69) is 20.6 Å². The molecule has 118 valence electrons. The molecule has 3 aromatic rings. The molecule has 0 aliphatic rings. The first kappa shape index (κ1) is 15.3. The maximum Gasteiger partial charge on any atom is 0.275 e. The number of fused-ring (bicyclic) bond motifs is 1. The number of anilines is 1. The molecule has 0 bridgehead atoms. The Labute approximate surface area is 136 Å². The molecule has 23 heavy (non-hydrogen) atoms. The molecule has 2 heterocycles. The number of carbonyl (C=O) groups excluding carboxylic acids is 1. The van der Waals surface area contributed by atoms with Crippen LogP contribution in [0.15, 0.2) is 29.1 Å². The summed E-state index contributed by atoms with van der Waals surface area (Å²) in [5.41, 5.74) is 0.421. The average molecular weight is 329 g/mol. The van der Waals surface area contributed by atoms with Gasteiger partial charge in [-0.25, -0.2) is 4.68 Å². The Bertz CT molecular complexity index is 931. The summed E-state index contributed by atoms with van der Waals surface area (Å²) in [5.74, 6) is -0.354. The molecule has 1 amide bonds. The molecule has 0 spiro atoms. The van der Waals surface area contributed by atoms with Gasteiger partial charge in [0.2, 0.25) is 11.0 Å². The smallest absolute Gasteiger partial charge is 0.275 e. The van der Waals surface area contributed by atoms with Crippen LogP contribution in [0.5, 0.6) is 0 Å². The summed E-state index contributed by atoms with van der Waals surface area (Å²) >= 11 is 1.32. The Morgan fingerprint density at radius 3 is 2.70 bits per heavy atom. The first-order valence-electron chi connectivity index (χ1n) is 7.17. The first-order valence-corrected chi connectivity index (χ1v) is 7.99. The highest BCUT2D eigenvalue weighted by atomic mass is 32.1. The molecule has 0 aliphatic carbocycles. The van der Waals surface area contributed by atoms with Crippen LogP contribution in [0.4, 0.5) is 5.13 Å². The van der Waals surface area contributed by atoms with Crippen molar-refractivity contribution in [3.05, 3.63) is 45.3 Å². The zero-order chi connectivity index (χ0) is 16.4. The van der Waals surface area contributed by atoms with Crippen molar-refractivity contribution in [2.24, 2.45) is 0 Å². The van der Waals surface area contributed by atoms with E-state index in [1.165, 1.54) is 16.0 Å². The molecule has 2 aromatic heterocycles. The van der Waals surface area contributed by atoms with Gasteiger partial charge < -0.3 is 0 Å². The standard InChI is InChI=1S/C15H15N5O2S/c1-3-13-17-18-15(23-13)16-12(21)8-20-14(22)11-7-5-4-6-10(11)9(2)19-20/h4-7H,3,8H2,1-2H3,(H,16,18,21). The lowest BCUT2D eigenvalue weighted by Gasteiger charge is -2.08. The summed E-state index contributed by atoms with van der Waals surface area (Å²) in [5, 5.41) is 17.3. The van der Waals surface area contributed by atoms with Crippen molar-refractivity contribution in [2.75, 3.05) is 5.32 Å². The Morgan fingerprint density at radius 1 is 1.26 bits per heavy atom. The number of carbonyl (C=O) groups is 1. The zero-order valence-corrected chi connectivity index (χ0v) is 13.6. The minimum atomic E-state index is -0.354. The molecule has 7 nitrogen and oxygen atoms in total. The molecule has 0 atom stereocenters. The SMILES string of the molecule is CCc1nnc(NC(=O)Cn2nc(C)c3ccccc3c2=O)s1. The molecular weight excluding hydrogens is 314 g/mol. The highest BCUT2D eigenvalue weighted by Gasteiger charge is 2.12. The van der Waals surface area contributed by atoms with Gasteiger partial charge in [0.1, 0.15) is 11.6 Å². The maximum atomic E-state index is 12.4. The summed E-state index contributed by atoms with van der Waals surface area (Å²) in [6.07, 6.45) is 0.762. The number of aryl methyl sites for hydroxylation is 2. The highest BCUT2D eigenvalue weighted by molar-refractivity contribution is 7.15. The Balaban J connectivity index is 1.85. The third-order valence-corrected chi connectivity index (χ3v) is 4.34. The van der Waals surface area contributed by atoms with Crippen molar-refractivity contribution in [3.63, 3.8) is 0 Å². The number of benzene rings is 1. The van der Waals surface area contributed by atoms with E-state index in [0.29, 0.717) is 16.2 Å². The second kappa shape index (κ2) is 6.25. The van der Waals surface area contributed by atoms with Crippen LogP contribution < -0.4 is 10.9 Å². The van der Waals surface area contributed by atoms with Gasteiger partial charge in [-0.3, -0.25) is 14.9 Å². The lowest BCUT2D eigenvalue weighted by Crippen LogP contribution is -2.30. The minimum absolute atomic E-state index is 0.161. The van der Waals surface area contributed by atoms with Gasteiger partial charge in [-0.2, -0.15) is 5.10 Å². The number of nitrogens with zero attached hydrogens (tertiary/aromatic N) is 4. The fourth-order valence-electron chi connectivity index (χ4n) is 2.25. The van der Waals surface area contributed by atoms with E-state index in [1.54, 1.807) is 12.1 Å². The van der Waals surface area contributed by atoms with Gasteiger partial charge in [0, 0.05) is 5.39 Å². The molecule has 3 rings (SSSR count). The van der Waals surface area contributed by atoms with E-state index in [-0.39, 0.29) is 18.0 Å². The number of amides is 1. The third kappa shape index (κ3) is 3.11. The molecule has 0 aliphatic heterocycles. The number of aromatic nitrogens is 4. The Kier molecular flexibility index (Phi) is 4.16. The van der Waals surface area contributed by atoms with E-state index < -0.39 is 0 Å². The number of nitrogens with one attached hydrogen (secondary N) is 1. The quantitative estimate of drug-likeness (QED) is 0.788. The molecule has 1 N–H and O–H groups in total. The summed E-state index contributed by atoms with van der Waals surface area (Å²) in [6, 6.07) is 7.23. The highest BCUT2D eigenvalue weighted by Crippen LogP contribution is 2.15. The van der Waals surface area contributed by atoms with Crippen molar-refractivity contribution in [1.82, 2.24) is 20.0 Å². The topological polar surface area (TPSA) is 89.8 Å². The molecular formula is C15H15N5O2S. The molecule has 1 aromatic carbocycles. The lowest BCUT2D eigenvalue weighted by molar-refractivity contribution is -0.117. The van der Waals surface area contributed by atoms with E-state index in [0.717, 1.165) is 16.8 Å². The van der Waals surface area contributed by atoms with Gasteiger partial charge in [0.05, 0.1) is 11.1 Å². The summed E-state index contributed by atoms with van der Waals surface area (Å²) in [4.78, 5) is 24.5. The summed E-state index contributed by atoms with van der Waals surface area (Å²) in [7, 11) is 0. The minimum Gasteiger partial charge on any atom is -0.299 e. The predicted octanol–water partition coefficient (Wildman–Crippen LogP) is 1.76. The molecule has 0 unspecified atom stereocenters. The van der Waals surface area contributed by atoms with Crippen LogP contribution in [-0.4, -0.2) is 25.9 Å². The van der Waals surface area contributed by atoms with E-state index in [1.807, 2.05) is 26.0 Å². The molecule has 0 fully saturated rings. The second-order valence-corrected chi connectivity index (χ2v) is 6.06. The van der Waals surface area contributed by atoms with Crippen molar-refractivity contribution in [1.29, 1.82) is 0 Å². The van der Waals surface area contributed by atoms with Crippen LogP contribution in [0.3, 0.4) is 0 Å². The van der Waals surface area contributed by atoms with Crippen molar-refractivity contribution in [2.45, 2.75) is 26.8 Å². The van der Waals surface area contributed by atoms with Gasteiger partial charge in [-0.05, 0) is 19.4 Å². The van der Waals surface area contributed by atoms with E-state index in [4.69, 9.17) is 0 Å². The van der Waals surface area contributed by atoms with Crippen LogP contribution in [-0.2, 0) is 17.8 Å². The van der Waals surface area contributed by atoms with Gasteiger partial charge in [0.25, 0.3) is 5.56 Å². The molecule has 0 radical (unpaired) electrons. The second-order valence-electron chi connectivity index (χ2n) is 5.00. The summed E-state index contributed by atoms with van der Waals surface area (Å²) in [6.45, 7) is 3.62. The summed E-state index contributed by atoms with van der Waals surface area (Å²) < 4.78 is 1.18. The van der Waals surface area contributed by atoms with E-state index in [9.17, 15) is 9.59 Å². The third-order valence-electron chi connectivity index (χ3n) is 3.36. The van der Waals surface area contributed by atoms with Gasteiger partial charge in [-0.1, -0.05) is 36.5 Å². The number of hydrogen-bond donors (Lipinski definition) is 1. The van der Waals surface area contributed by atoms with Crippen LogP contribution >= 0.6 is 11.3 Å². The predicted molar refractivity (Wildman–Crippen MR) is 88.7 cm³/mol. The van der Waals surface area contributed by atoms with Crippen LogP contribution in [0, 0.1) is 6.92 Å². The average Bonchev–Trinajstić information content (AvgIpc) is 3.00. The van der Waals surface area contributed by atoms with Crippen molar-refractivity contribution >= 4 is 33.1 Å². The van der Waals surface area contributed by atoms with Crippen molar-refractivity contribution in [3.8, 4) is 0 Å². The molecule has 0 saturated carbocycles. The van der Waals surface area contributed by atoms with Gasteiger partial charge in [-0.15, -0.1) is 10.2 Å².